The Balaban J connectivity index is 2.08. The molecule has 1 aromatic rings. The first kappa shape index (κ1) is 14.3. The fourth-order valence-electron chi connectivity index (χ4n) is 2.41. The summed E-state index contributed by atoms with van der Waals surface area (Å²) >= 11 is 0. The summed E-state index contributed by atoms with van der Waals surface area (Å²) in [6.45, 7) is 0. The molecule has 2 rings (SSSR count). The summed E-state index contributed by atoms with van der Waals surface area (Å²) in [6, 6.07) is 4.00. The third kappa shape index (κ3) is 3.46. The molecule has 2 N–H and O–H groups in total. The highest BCUT2D eigenvalue weighted by Crippen LogP contribution is 2.25. The fourth-order valence-corrected chi connectivity index (χ4v) is 2.41. The molecule has 108 valence electrons. The lowest BCUT2D eigenvalue weighted by molar-refractivity contribution is -0.383. The maximum absolute atomic E-state index is 12.0. The summed E-state index contributed by atoms with van der Waals surface area (Å²) in [4.78, 5) is 22.2. The Kier molecular flexibility index (Phi) is 4.55. The number of benzene rings is 1. The van der Waals surface area contributed by atoms with Gasteiger partial charge in [-0.1, -0.05) is 12.8 Å². The van der Waals surface area contributed by atoms with Crippen LogP contribution in [0, 0.1) is 10.1 Å². The Morgan fingerprint density at radius 3 is 2.50 bits per heavy atom. The van der Waals surface area contributed by atoms with Gasteiger partial charge in [0.25, 0.3) is 5.69 Å². The molecule has 20 heavy (non-hydrogen) atoms. The van der Waals surface area contributed by atoms with Gasteiger partial charge in [0, 0.05) is 6.07 Å². The van der Waals surface area contributed by atoms with E-state index in [9.17, 15) is 14.9 Å². The molecule has 1 aromatic carbocycles. The molecule has 0 atom stereocenters. The minimum absolute atomic E-state index is 0.0426. The van der Waals surface area contributed by atoms with Crippen LogP contribution < -0.4 is 5.73 Å². The smallest absolute Gasteiger partial charge is 0.338 e. The lowest BCUT2D eigenvalue weighted by Crippen LogP contribution is -2.17. The van der Waals surface area contributed by atoms with Gasteiger partial charge in [-0.3, -0.25) is 10.1 Å². The number of nitro benzene ring substituents is 1. The van der Waals surface area contributed by atoms with E-state index in [0.717, 1.165) is 25.7 Å². The van der Waals surface area contributed by atoms with E-state index in [2.05, 4.69) is 0 Å². The van der Waals surface area contributed by atoms with Crippen LogP contribution in [-0.4, -0.2) is 17.0 Å². The van der Waals surface area contributed by atoms with Gasteiger partial charge in [0.2, 0.25) is 0 Å². The van der Waals surface area contributed by atoms with Crippen LogP contribution in [0.25, 0.3) is 0 Å². The lowest BCUT2D eigenvalue weighted by Gasteiger charge is -2.15. The van der Waals surface area contributed by atoms with Crippen molar-refractivity contribution >= 4 is 17.3 Å². The third-order valence-corrected chi connectivity index (χ3v) is 3.54. The van der Waals surface area contributed by atoms with Crippen LogP contribution in [0.1, 0.15) is 48.9 Å². The SMILES string of the molecule is Nc1ccc(C(=O)OC2CCCCCC2)cc1[N+](=O)[O-]. The summed E-state index contributed by atoms with van der Waals surface area (Å²) in [5, 5.41) is 10.8. The van der Waals surface area contributed by atoms with Crippen LogP contribution >= 0.6 is 0 Å². The molecule has 0 saturated heterocycles. The summed E-state index contributed by atoms with van der Waals surface area (Å²) in [6.07, 6.45) is 6.09. The zero-order valence-electron chi connectivity index (χ0n) is 11.2. The summed E-state index contributed by atoms with van der Waals surface area (Å²) in [7, 11) is 0. The number of hydrogen-bond acceptors (Lipinski definition) is 5. The molecule has 0 unspecified atom stereocenters. The van der Waals surface area contributed by atoms with Gasteiger partial charge >= 0.3 is 5.97 Å². The van der Waals surface area contributed by atoms with E-state index in [4.69, 9.17) is 10.5 Å². The second-order valence-corrected chi connectivity index (χ2v) is 5.05. The molecule has 6 nitrogen and oxygen atoms in total. The Bertz CT molecular complexity index is 508. The molecule has 6 heteroatoms. The molecular weight excluding hydrogens is 260 g/mol. The highest BCUT2D eigenvalue weighted by atomic mass is 16.6. The molecule has 1 aliphatic carbocycles. The van der Waals surface area contributed by atoms with Crippen LogP contribution in [0.5, 0.6) is 0 Å². The monoisotopic (exact) mass is 278 g/mol. The van der Waals surface area contributed by atoms with Crippen LogP contribution in [0.4, 0.5) is 11.4 Å². The lowest BCUT2D eigenvalue weighted by atomic mass is 10.1. The zero-order valence-corrected chi connectivity index (χ0v) is 11.2. The number of nitro groups is 1. The first-order valence-corrected chi connectivity index (χ1v) is 6.83. The van der Waals surface area contributed by atoms with Crippen molar-refractivity contribution in [1.82, 2.24) is 0 Å². The maximum atomic E-state index is 12.0. The van der Waals surface area contributed by atoms with Gasteiger partial charge in [0.05, 0.1) is 10.5 Å². The zero-order chi connectivity index (χ0) is 14.5. The Morgan fingerprint density at radius 1 is 1.25 bits per heavy atom. The van der Waals surface area contributed by atoms with Gasteiger partial charge in [-0.05, 0) is 37.8 Å². The summed E-state index contributed by atoms with van der Waals surface area (Å²) in [5.41, 5.74) is 5.46. The van der Waals surface area contributed by atoms with E-state index in [0.29, 0.717) is 0 Å². The Morgan fingerprint density at radius 2 is 1.90 bits per heavy atom. The van der Waals surface area contributed by atoms with Crippen LogP contribution in [0.2, 0.25) is 0 Å². The van der Waals surface area contributed by atoms with Gasteiger partial charge in [0.1, 0.15) is 11.8 Å². The average Bonchev–Trinajstić information content (AvgIpc) is 2.67. The second-order valence-electron chi connectivity index (χ2n) is 5.05. The van der Waals surface area contributed by atoms with E-state index in [-0.39, 0.29) is 23.0 Å². The molecule has 0 aromatic heterocycles. The van der Waals surface area contributed by atoms with Crippen molar-refractivity contribution in [1.29, 1.82) is 0 Å². The molecule has 0 heterocycles. The van der Waals surface area contributed by atoms with E-state index in [1.807, 2.05) is 0 Å². The van der Waals surface area contributed by atoms with Crippen molar-refractivity contribution in [3.8, 4) is 0 Å². The van der Waals surface area contributed by atoms with Gasteiger partial charge in [-0.15, -0.1) is 0 Å². The molecule has 0 aliphatic heterocycles. The number of esters is 1. The number of rotatable bonds is 3. The normalized spacial score (nSPS) is 16.4. The predicted octanol–water partition coefficient (Wildman–Crippen LogP) is 3.06. The number of nitrogen functional groups attached to an aromatic ring is 1. The van der Waals surface area contributed by atoms with Crippen molar-refractivity contribution in [3.05, 3.63) is 33.9 Å². The highest BCUT2D eigenvalue weighted by molar-refractivity contribution is 5.91. The van der Waals surface area contributed by atoms with Crippen LogP contribution in [0.15, 0.2) is 18.2 Å². The predicted molar refractivity (Wildman–Crippen MR) is 74.4 cm³/mol. The van der Waals surface area contributed by atoms with Crippen molar-refractivity contribution in [3.63, 3.8) is 0 Å². The fraction of sp³-hybridized carbons (Fsp3) is 0.500. The number of carbonyl (C=O) groups excluding carboxylic acids is 1. The maximum Gasteiger partial charge on any atom is 0.338 e. The largest absolute Gasteiger partial charge is 0.459 e. The van der Waals surface area contributed by atoms with E-state index >= 15 is 0 Å². The number of nitrogens with two attached hydrogens (primary N) is 1. The van der Waals surface area contributed by atoms with Crippen molar-refractivity contribution in [2.75, 3.05) is 5.73 Å². The van der Waals surface area contributed by atoms with Gasteiger partial charge in [0.15, 0.2) is 0 Å². The minimum Gasteiger partial charge on any atom is -0.459 e. The van der Waals surface area contributed by atoms with Crippen molar-refractivity contribution < 1.29 is 14.5 Å². The molecule has 0 radical (unpaired) electrons. The Labute approximate surface area is 117 Å². The molecule has 1 aliphatic rings. The van der Waals surface area contributed by atoms with Crippen LogP contribution in [0.3, 0.4) is 0 Å². The summed E-state index contributed by atoms with van der Waals surface area (Å²) in [5.74, 6) is -0.514. The number of hydrogen-bond donors (Lipinski definition) is 1. The second kappa shape index (κ2) is 6.36. The van der Waals surface area contributed by atoms with Gasteiger partial charge in [-0.25, -0.2) is 4.79 Å². The van der Waals surface area contributed by atoms with E-state index in [1.165, 1.54) is 31.0 Å². The van der Waals surface area contributed by atoms with Gasteiger partial charge < -0.3 is 10.5 Å². The number of carbonyl (C=O) groups is 1. The molecule has 1 saturated carbocycles. The first-order chi connectivity index (χ1) is 9.58. The third-order valence-electron chi connectivity index (χ3n) is 3.54. The minimum atomic E-state index is -0.599. The number of nitrogens with zero attached hydrogens (tertiary/aromatic N) is 1. The van der Waals surface area contributed by atoms with Crippen LogP contribution in [-0.2, 0) is 4.74 Å². The molecule has 1 fully saturated rings. The first-order valence-electron chi connectivity index (χ1n) is 6.83. The molecule has 0 spiro atoms. The topological polar surface area (TPSA) is 95.5 Å². The van der Waals surface area contributed by atoms with E-state index < -0.39 is 10.9 Å². The number of ether oxygens (including phenoxy) is 1. The summed E-state index contributed by atoms with van der Waals surface area (Å²) < 4.78 is 5.43. The highest BCUT2D eigenvalue weighted by Gasteiger charge is 2.20. The van der Waals surface area contributed by atoms with Crippen molar-refractivity contribution in [2.45, 2.75) is 44.6 Å². The van der Waals surface area contributed by atoms with Gasteiger partial charge in [-0.2, -0.15) is 0 Å². The van der Waals surface area contributed by atoms with E-state index in [1.54, 1.807) is 0 Å². The standard InChI is InChI=1S/C14H18N2O4/c15-12-8-7-10(9-13(12)16(18)19)14(17)20-11-5-3-1-2-4-6-11/h7-9,11H,1-6,15H2. The Hall–Kier alpha value is -2.11. The average molecular weight is 278 g/mol. The quantitative estimate of drug-likeness (QED) is 0.301. The molecule has 0 amide bonds. The molecular formula is C14H18N2O4. The van der Waals surface area contributed by atoms with Crippen molar-refractivity contribution in [2.24, 2.45) is 0 Å². The molecule has 0 bridgehead atoms. The number of anilines is 1.